The van der Waals surface area contributed by atoms with Crippen LogP contribution in [0.1, 0.15) is 33.1 Å². The number of nitrogens with two attached hydrogens (primary N) is 2. The fraction of sp³-hybridized carbons (Fsp3) is 0.692. The van der Waals surface area contributed by atoms with Gasteiger partial charge >= 0.3 is 5.97 Å². The number of carbonyl (C=O) groups is 4. The third-order valence-electron chi connectivity index (χ3n) is 2.80. The molecular weight excluding hydrogens is 292 g/mol. The molecule has 126 valence electrons. The van der Waals surface area contributed by atoms with Crippen molar-refractivity contribution in [3.8, 4) is 0 Å². The normalized spacial score (nSPS) is 13.3. The first kappa shape index (κ1) is 19.8. The van der Waals surface area contributed by atoms with Crippen molar-refractivity contribution in [1.29, 1.82) is 0 Å². The second-order valence-electron chi connectivity index (χ2n) is 5.42. The van der Waals surface area contributed by atoms with Gasteiger partial charge in [0, 0.05) is 6.42 Å². The van der Waals surface area contributed by atoms with E-state index in [1.807, 2.05) is 13.8 Å². The highest BCUT2D eigenvalue weighted by Crippen LogP contribution is 2.04. The minimum atomic E-state index is -1.13. The van der Waals surface area contributed by atoms with Crippen molar-refractivity contribution in [1.82, 2.24) is 10.6 Å². The molecule has 0 saturated carbocycles. The highest BCUT2D eigenvalue weighted by molar-refractivity contribution is 5.89. The summed E-state index contributed by atoms with van der Waals surface area (Å²) in [6, 6.07) is -1.96. The number of carboxylic acid groups (broad SMARTS) is 1. The van der Waals surface area contributed by atoms with Gasteiger partial charge in [-0.1, -0.05) is 13.8 Å². The molecule has 7 N–H and O–H groups in total. The Hall–Kier alpha value is -2.16. The number of rotatable bonds is 10. The molecule has 22 heavy (non-hydrogen) atoms. The molecule has 0 spiro atoms. The molecule has 2 atom stereocenters. The van der Waals surface area contributed by atoms with Crippen molar-refractivity contribution in [3.05, 3.63) is 0 Å². The van der Waals surface area contributed by atoms with Crippen molar-refractivity contribution in [2.45, 2.75) is 45.2 Å². The second kappa shape index (κ2) is 9.72. The van der Waals surface area contributed by atoms with Gasteiger partial charge in [-0.15, -0.1) is 0 Å². The minimum Gasteiger partial charge on any atom is -0.480 e. The molecule has 0 fully saturated rings. The highest BCUT2D eigenvalue weighted by Gasteiger charge is 2.21. The Morgan fingerprint density at radius 2 is 1.77 bits per heavy atom. The van der Waals surface area contributed by atoms with Crippen LogP contribution in [0.4, 0.5) is 0 Å². The van der Waals surface area contributed by atoms with E-state index in [4.69, 9.17) is 16.6 Å². The first-order chi connectivity index (χ1) is 10.1. The van der Waals surface area contributed by atoms with Crippen LogP contribution in [0, 0.1) is 5.92 Å². The Morgan fingerprint density at radius 3 is 2.23 bits per heavy atom. The Balaban J connectivity index is 4.22. The summed E-state index contributed by atoms with van der Waals surface area (Å²) in [5.74, 6) is -2.83. The van der Waals surface area contributed by atoms with E-state index in [1.165, 1.54) is 0 Å². The lowest BCUT2D eigenvalue weighted by Gasteiger charge is -2.17. The van der Waals surface area contributed by atoms with E-state index in [-0.39, 0.29) is 31.7 Å². The number of primary amides is 1. The van der Waals surface area contributed by atoms with Crippen LogP contribution in [0.2, 0.25) is 0 Å². The summed E-state index contributed by atoms with van der Waals surface area (Å²) < 4.78 is 0. The fourth-order valence-electron chi connectivity index (χ4n) is 1.67. The number of carboxylic acids is 1. The minimum absolute atomic E-state index is 0.0315. The molecule has 0 aromatic heterocycles. The lowest BCUT2D eigenvalue weighted by molar-refractivity contribution is -0.142. The van der Waals surface area contributed by atoms with Crippen LogP contribution in [0.25, 0.3) is 0 Å². The molecule has 0 unspecified atom stereocenters. The maximum Gasteiger partial charge on any atom is 0.326 e. The number of hydrogen-bond acceptors (Lipinski definition) is 5. The van der Waals surface area contributed by atoms with Crippen molar-refractivity contribution in [2.24, 2.45) is 17.4 Å². The van der Waals surface area contributed by atoms with E-state index in [1.54, 1.807) is 0 Å². The van der Waals surface area contributed by atoms with Gasteiger partial charge < -0.3 is 27.2 Å². The lowest BCUT2D eigenvalue weighted by Crippen LogP contribution is -2.48. The van der Waals surface area contributed by atoms with Gasteiger partial charge in [0.15, 0.2) is 0 Å². The molecule has 0 saturated heterocycles. The molecule has 0 aromatic rings. The maximum absolute atomic E-state index is 11.6. The Bertz CT molecular complexity index is 425. The third kappa shape index (κ3) is 8.90. The molecule has 3 amide bonds. The van der Waals surface area contributed by atoms with E-state index >= 15 is 0 Å². The van der Waals surface area contributed by atoms with Gasteiger partial charge in [0.1, 0.15) is 6.04 Å². The number of hydrogen-bond donors (Lipinski definition) is 5. The molecule has 0 aliphatic rings. The Kier molecular flexibility index (Phi) is 8.76. The standard InChI is InChI=1S/C13H24N4O5/c1-7(2)5-9(13(21)22)17-11(19)6-16-12(20)8(14)3-4-10(15)18/h7-9H,3-6,14H2,1-2H3,(H2,15,18)(H,16,20)(H,17,19)(H,21,22)/t8-,9-/m0/s1. The smallest absolute Gasteiger partial charge is 0.326 e. The summed E-state index contributed by atoms with van der Waals surface area (Å²) in [5.41, 5.74) is 10.5. The van der Waals surface area contributed by atoms with Crippen LogP contribution in [0.15, 0.2) is 0 Å². The van der Waals surface area contributed by atoms with Gasteiger partial charge in [-0.3, -0.25) is 14.4 Å². The summed E-state index contributed by atoms with van der Waals surface area (Å²) >= 11 is 0. The zero-order valence-corrected chi connectivity index (χ0v) is 12.8. The van der Waals surface area contributed by atoms with E-state index in [0.29, 0.717) is 0 Å². The van der Waals surface area contributed by atoms with Crippen molar-refractivity contribution >= 4 is 23.7 Å². The maximum atomic E-state index is 11.6. The zero-order chi connectivity index (χ0) is 17.3. The molecule has 9 nitrogen and oxygen atoms in total. The van der Waals surface area contributed by atoms with E-state index in [9.17, 15) is 19.2 Å². The zero-order valence-electron chi connectivity index (χ0n) is 12.8. The predicted octanol–water partition coefficient (Wildman–Crippen LogP) is -1.69. The van der Waals surface area contributed by atoms with Crippen LogP contribution in [0.5, 0.6) is 0 Å². The van der Waals surface area contributed by atoms with Crippen LogP contribution < -0.4 is 22.1 Å². The van der Waals surface area contributed by atoms with Crippen LogP contribution >= 0.6 is 0 Å². The number of aliphatic carboxylic acids is 1. The van der Waals surface area contributed by atoms with Crippen molar-refractivity contribution < 1.29 is 24.3 Å². The molecule has 0 aliphatic carbocycles. The van der Waals surface area contributed by atoms with E-state index in [2.05, 4.69) is 10.6 Å². The Labute approximate surface area is 128 Å². The predicted molar refractivity (Wildman–Crippen MR) is 78.4 cm³/mol. The van der Waals surface area contributed by atoms with Crippen LogP contribution in [0.3, 0.4) is 0 Å². The van der Waals surface area contributed by atoms with Crippen molar-refractivity contribution in [2.75, 3.05) is 6.54 Å². The number of nitrogens with one attached hydrogen (secondary N) is 2. The molecule has 0 bridgehead atoms. The van der Waals surface area contributed by atoms with Gasteiger partial charge in [0.05, 0.1) is 12.6 Å². The molecule has 0 aliphatic heterocycles. The van der Waals surface area contributed by atoms with Crippen LogP contribution in [-0.2, 0) is 19.2 Å². The van der Waals surface area contributed by atoms with Gasteiger partial charge in [-0.25, -0.2) is 4.79 Å². The van der Waals surface area contributed by atoms with Gasteiger partial charge in [-0.05, 0) is 18.8 Å². The first-order valence-electron chi connectivity index (χ1n) is 6.97. The summed E-state index contributed by atoms with van der Waals surface area (Å²) in [4.78, 5) is 44.8. The molecule has 0 heterocycles. The average Bonchev–Trinajstić information content (AvgIpc) is 2.40. The molecular formula is C13H24N4O5. The average molecular weight is 316 g/mol. The summed E-state index contributed by atoms with van der Waals surface area (Å²) in [6.45, 7) is 3.29. The van der Waals surface area contributed by atoms with Gasteiger partial charge in [-0.2, -0.15) is 0 Å². The van der Waals surface area contributed by atoms with E-state index in [0.717, 1.165) is 0 Å². The Morgan fingerprint density at radius 1 is 1.18 bits per heavy atom. The summed E-state index contributed by atoms with van der Waals surface area (Å²) in [6.07, 6.45) is 0.331. The largest absolute Gasteiger partial charge is 0.480 e. The van der Waals surface area contributed by atoms with Gasteiger partial charge in [0.2, 0.25) is 17.7 Å². The lowest BCUT2D eigenvalue weighted by atomic mass is 10.0. The van der Waals surface area contributed by atoms with Crippen molar-refractivity contribution in [3.63, 3.8) is 0 Å². The summed E-state index contributed by atoms with van der Waals surface area (Å²) in [5, 5.41) is 13.6. The van der Waals surface area contributed by atoms with E-state index < -0.39 is 35.8 Å². The molecule has 0 rings (SSSR count). The topological polar surface area (TPSA) is 165 Å². The molecule has 0 aromatic carbocycles. The third-order valence-corrected chi connectivity index (χ3v) is 2.80. The monoisotopic (exact) mass is 316 g/mol. The summed E-state index contributed by atoms with van der Waals surface area (Å²) in [7, 11) is 0. The highest BCUT2D eigenvalue weighted by atomic mass is 16.4. The quantitative estimate of drug-likeness (QED) is 0.322. The molecule has 0 radical (unpaired) electrons. The molecule has 9 heteroatoms. The second-order valence-corrected chi connectivity index (χ2v) is 5.42. The van der Waals surface area contributed by atoms with Crippen LogP contribution in [-0.4, -0.2) is 47.4 Å². The number of carbonyl (C=O) groups excluding carboxylic acids is 3. The fourth-order valence-corrected chi connectivity index (χ4v) is 1.67. The SMILES string of the molecule is CC(C)C[C@H](NC(=O)CNC(=O)[C@@H](N)CCC(N)=O)C(=O)O. The van der Waals surface area contributed by atoms with Gasteiger partial charge in [0.25, 0.3) is 0 Å². The first-order valence-corrected chi connectivity index (χ1v) is 6.97. The number of amides is 3.